The average molecular weight is 399 g/mol. The van der Waals surface area contributed by atoms with Crippen molar-refractivity contribution in [3.8, 4) is 28.3 Å². The number of rotatable bonds is 4. The fraction of sp³-hybridized carbons (Fsp3) is 0.316. The van der Waals surface area contributed by atoms with Gasteiger partial charge in [-0.2, -0.15) is 5.10 Å². The van der Waals surface area contributed by atoms with Gasteiger partial charge < -0.3 is 10.0 Å². The van der Waals surface area contributed by atoms with E-state index in [1.807, 2.05) is 30.9 Å². The van der Waals surface area contributed by atoms with Crippen LogP contribution in [0.2, 0.25) is 0 Å². The number of benzene rings is 1. The lowest BCUT2D eigenvalue weighted by atomic mass is 10.0. The molecule has 1 N–H and O–H groups in total. The second-order valence-corrected chi connectivity index (χ2v) is 9.21. The molecule has 0 aliphatic carbocycles. The number of likely N-dealkylation sites (tertiary alicyclic amines) is 1. The molecule has 1 aliphatic rings. The number of likely N-dealkylation sites (N-methyl/N-ethyl adjacent to an activating group) is 1. The van der Waals surface area contributed by atoms with E-state index in [1.54, 1.807) is 18.2 Å². The molecular formula is C19H21N5O3S. The molecule has 0 saturated carbocycles. The largest absolute Gasteiger partial charge is 0.508 e. The maximum Gasteiger partial charge on any atom is 0.247 e. The molecule has 0 amide bonds. The number of aromatic hydroxyl groups is 1. The van der Waals surface area contributed by atoms with Gasteiger partial charge in [0.2, 0.25) is 15.0 Å². The van der Waals surface area contributed by atoms with Gasteiger partial charge in [0.1, 0.15) is 11.4 Å². The molecule has 0 unspecified atom stereocenters. The average Bonchev–Trinajstić information content (AvgIpc) is 3.02. The molecule has 9 heteroatoms. The number of phenolic OH excluding ortho intramolecular Hbond substituents is 1. The molecule has 0 radical (unpaired) electrons. The monoisotopic (exact) mass is 399 g/mol. The first-order valence-electron chi connectivity index (χ1n) is 8.83. The zero-order chi connectivity index (χ0) is 20.1. The molecule has 0 bridgehead atoms. The first kappa shape index (κ1) is 18.6. The zero-order valence-electron chi connectivity index (χ0n) is 15.9. The van der Waals surface area contributed by atoms with E-state index in [0.717, 1.165) is 30.5 Å². The minimum Gasteiger partial charge on any atom is -0.508 e. The van der Waals surface area contributed by atoms with Crippen LogP contribution < -0.4 is 0 Å². The van der Waals surface area contributed by atoms with Crippen LogP contribution in [0.25, 0.3) is 22.5 Å². The molecule has 146 valence electrons. The lowest BCUT2D eigenvalue weighted by Crippen LogP contribution is -2.45. The Kier molecular flexibility index (Phi) is 4.43. The van der Waals surface area contributed by atoms with Gasteiger partial charge in [0.25, 0.3) is 0 Å². The summed E-state index contributed by atoms with van der Waals surface area (Å²) in [5, 5.41) is 14.6. The summed E-state index contributed by atoms with van der Waals surface area (Å²) in [4.78, 5) is 10.3. The van der Waals surface area contributed by atoms with E-state index >= 15 is 0 Å². The number of hydrogen-bond acceptors (Lipinski definition) is 7. The van der Waals surface area contributed by atoms with Gasteiger partial charge >= 0.3 is 0 Å². The van der Waals surface area contributed by atoms with Crippen LogP contribution in [0.1, 0.15) is 11.6 Å². The van der Waals surface area contributed by atoms with E-state index in [1.165, 1.54) is 6.20 Å². The smallest absolute Gasteiger partial charge is 0.247 e. The van der Waals surface area contributed by atoms with E-state index in [4.69, 9.17) is 5.10 Å². The van der Waals surface area contributed by atoms with Crippen LogP contribution in [-0.4, -0.2) is 64.6 Å². The predicted molar refractivity (Wildman–Crippen MR) is 105 cm³/mol. The summed E-state index contributed by atoms with van der Waals surface area (Å²) < 4.78 is 25.7. The van der Waals surface area contributed by atoms with Crippen LogP contribution in [0.3, 0.4) is 0 Å². The zero-order valence-corrected chi connectivity index (χ0v) is 16.7. The molecule has 4 rings (SSSR count). The Bertz CT molecular complexity index is 1130. The van der Waals surface area contributed by atoms with Crippen molar-refractivity contribution in [2.45, 2.75) is 18.1 Å². The highest BCUT2D eigenvalue weighted by molar-refractivity contribution is 7.90. The van der Waals surface area contributed by atoms with Gasteiger partial charge in [0, 0.05) is 42.9 Å². The molecule has 28 heavy (non-hydrogen) atoms. The molecule has 1 fully saturated rings. The first-order valence-corrected chi connectivity index (χ1v) is 10.7. The Morgan fingerprint density at radius 3 is 2.61 bits per heavy atom. The summed E-state index contributed by atoms with van der Waals surface area (Å²) in [5.74, 6) is 0.151. The maximum atomic E-state index is 11.9. The van der Waals surface area contributed by atoms with Gasteiger partial charge in [-0.1, -0.05) is 0 Å². The first-order chi connectivity index (χ1) is 13.2. The van der Waals surface area contributed by atoms with Crippen molar-refractivity contribution in [2.75, 3.05) is 26.4 Å². The van der Waals surface area contributed by atoms with Gasteiger partial charge in [-0.25, -0.2) is 18.4 Å². The number of hydrogen-bond donors (Lipinski definition) is 1. The van der Waals surface area contributed by atoms with Gasteiger partial charge in [0.15, 0.2) is 0 Å². The highest BCUT2D eigenvalue weighted by Crippen LogP contribution is 2.34. The van der Waals surface area contributed by atoms with Crippen molar-refractivity contribution in [3.63, 3.8) is 0 Å². The molecule has 3 heterocycles. The molecule has 1 saturated heterocycles. The van der Waals surface area contributed by atoms with Crippen LogP contribution in [0.5, 0.6) is 5.75 Å². The highest BCUT2D eigenvalue weighted by Gasteiger charge is 2.28. The third-order valence-corrected chi connectivity index (χ3v) is 5.59. The van der Waals surface area contributed by atoms with Crippen molar-refractivity contribution in [3.05, 3.63) is 42.2 Å². The minimum absolute atomic E-state index is 0.151. The van der Waals surface area contributed by atoms with Crippen molar-refractivity contribution in [1.29, 1.82) is 0 Å². The second kappa shape index (κ2) is 6.68. The topological polar surface area (TPSA) is 101 Å². The van der Waals surface area contributed by atoms with Crippen molar-refractivity contribution in [1.82, 2.24) is 24.6 Å². The summed E-state index contributed by atoms with van der Waals surface area (Å²) in [6.07, 6.45) is 4.41. The molecule has 2 aromatic heterocycles. The van der Waals surface area contributed by atoms with Gasteiger partial charge in [-0.05, 0) is 43.8 Å². The molecule has 3 aromatic rings. The number of nitrogens with zero attached hydrogens (tertiary/aromatic N) is 5. The Morgan fingerprint density at radius 2 is 1.96 bits per heavy atom. The molecule has 0 atom stereocenters. The Balaban J connectivity index is 1.88. The van der Waals surface area contributed by atoms with Crippen LogP contribution in [0.15, 0.2) is 41.8 Å². The molecular weight excluding hydrogens is 378 g/mol. The maximum absolute atomic E-state index is 11.9. The van der Waals surface area contributed by atoms with E-state index in [0.29, 0.717) is 17.0 Å². The SMILES string of the molecule is Cc1cc(O)cc(-c2nn(C3CN(C)C3)cc2-c2ccnc(S(C)(=O)=O)n2)c1. The lowest BCUT2D eigenvalue weighted by Gasteiger charge is -2.36. The lowest BCUT2D eigenvalue weighted by molar-refractivity contribution is 0.131. The number of sulfone groups is 1. The summed E-state index contributed by atoms with van der Waals surface area (Å²) >= 11 is 0. The third-order valence-electron chi connectivity index (χ3n) is 4.73. The van der Waals surface area contributed by atoms with Crippen LogP contribution in [0, 0.1) is 6.92 Å². The normalized spacial score (nSPS) is 15.5. The van der Waals surface area contributed by atoms with E-state index in [9.17, 15) is 13.5 Å². The standard InChI is InChI=1S/C19H21N5O3S/c1-12-6-13(8-15(25)7-12)18-16(11-24(22-18)14-9-23(2)10-14)17-4-5-20-19(21-17)28(3,26)27/h4-8,11,14,25H,9-10H2,1-3H3. The third kappa shape index (κ3) is 3.50. The Labute approximate surface area is 163 Å². The van der Waals surface area contributed by atoms with E-state index in [2.05, 4.69) is 14.9 Å². The fourth-order valence-corrected chi connectivity index (χ4v) is 3.90. The van der Waals surface area contributed by atoms with Crippen molar-refractivity contribution >= 4 is 9.84 Å². The fourth-order valence-electron chi connectivity index (χ4n) is 3.38. The van der Waals surface area contributed by atoms with Crippen LogP contribution in [-0.2, 0) is 9.84 Å². The molecule has 1 aromatic carbocycles. The van der Waals surface area contributed by atoms with Gasteiger partial charge in [-0.15, -0.1) is 0 Å². The number of aryl methyl sites for hydroxylation is 1. The number of aromatic nitrogens is 4. The van der Waals surface area contributed by atoms with Crippen LogP contribution >= 0.6 is 0 Å². The minimum atomic E-state index is -3.53. The van der Waals surface area contributed by atoms with Gasteiger partial charge in [0.05, 0.1) is 11.7 Å². The summed E-state index contributed by atoms with van der Waals surface area (Å²) in [6.45, 7) is 3.67. The Hall–Kier alpha value is -2.78. The van der Waals surface area contributed by atoms with Gasteiger partial charge in [-0.3, -0.25) is 4.68 Å². The molecule has 0 spiro atoms. The Morgan fingerprint density at radius 1 is 1.21 bits per heavy atom. The molecule has 1 aliphatic heterocycles. The van der Waals surface area contributed by atoms with Crippen molar-refractivity contribution < 1.29 is 13.5 Å². The summed E-state index contributed by atoms with van der Waals surface area (Å²) in [5.41, 5.74) is 3.47. The van der Waals surface area contributed by atoms with E-state index < -0.39 is 9.84 Å². The predicted octanol–water partition coefficient (Wildman–Crippen LogP) is 1.91. The highest BCUT2D eigenvalue weighted by atomic mass is 32.2. The van der Waals surface area contributed by atoms with Crippen molar-refractivity contribution in [2.24, 2.45) is 0 Å². The summed E-state index contributed by atoms with van der Waals surface area (Å²) in [6, 6.07) is 7.17. The van der Waals surface area contributed by atoms with Crippen LogP contribution in [0.4, 0.5) is 0 Å². The van der Waals surface area contributed by atoms with E-state index in [-0.39, 0.29) is 16.9 Å². The second-order valence-electron chi connectivity index (χ2n) is 7.30. The quantitative estimate of drug-likeness (QED) is 0.669. The number of phenols is 1. The molecule has 8 nitrogen and oxygen atoms in total. The summed E-state index contributed by atoms with van der Waals surface area (Å²) in [7, 11) is -1.49.